The summed E-state index contributed by atoms with van der Waals surface area (Å²) >= 11 is 4.93. The van der Waals surface area contributed by atoms with Gasteiger partial charge in [0.05, 0.1) is 0 Å². The third-order valence-electron chi connectivity index (χ3n) is 1.64. The number of rotatable bonds is 3. The van der Waals surface area contributed by atoms with Gasteiger partial charge in [0, 0.05) is 5.92 Å². The minimum Gasteiger partial charge on any atom is -0.188 e. The maximum absolute atomic E-state index is 12.6. The van der Waals surface area contributed by atoms with Crippen molar-refractivity contribution in [3.63, 3.8) is 0 Å². The standard InChI is InChI=1S/C8H14ClF2/c1-5(2)7(6(3)4)8(9,10)11/h5,7H,1-4H3. The molecule has 0 bridgehead atoms. The van der Waals surface area contributed by atoms with Gasteiger partial charge in [-0.15, -0.1) is 0 Å². The van der Waals surface area contributed by atoms with Crippen LogP contribution in [0.3, 0.4) is 0 Å². The first-order chi connectivity index (χ1) is 4.76. The van der Waals surface area contributed by atoms with Crippen LogP contribution < -0.4 is 0 Å². The van der Waals surface area contributed by atoms with E-state index in [9.17, 15) is 8.78 Å². The van der Waals surface area contributed by atoms with Gasteiger partial charge in [0.1, 0.15) is 0 Å². The molecule has 0 saturated heterocycles. The van der Waals surface area contributed by atoms with Crippen molar-refractivity contribution in [1.29, 1.82) is 0 Å². The van der Waals surface area contributed by atoms with Crippen LogP contribution in [0.5, 0.6) is 0 Å². The number of hydrogen-bond acceptors (Lipinski definition) is 0. The molecule has 0 heterocycles. The van der Waals surface area contributed by atoms with Crippen molar-refractivity contribution in [1.82, 2.24) is 0 Å². The molecule has 0 aromatic carbocycles. The number of halogens is 3. The number of alkyl halides is 3. The van der Waals surface area contributed by atoms with Crippen LogP contribution in [-0.4, -0.2) is 5.38 Å². The third kappa shape index (κ3) is 3.37. The average molecular weight is 184 g/mol. The van der Waals surface area contributed by atoms with Crippen LogP contribution in [0.1, 0.15) is 27.7 Å². The van der Waals surface area contributed by atoms with E-state index in [2.05, 4.69) is 0 Å². The lowest BCUT2D eigenvalue weighted by atomic mass is 9.86. The zero-order chi connectivity index (χ0) is 9.23. The SMILES string of the molecule is C[C](C)C(C(C)C)C(F)(F)Cl. The molecular formula is C8H14ClF2. The van der Waals surface area contributed by atoms with Crippen LogP contribution >= 0.6 is 11.6 Å². The van der Waals surface area contributed by atoms with Crippen molar-refractivity contribution in [2.24, 2.45) is 11.8 Å². The fraction of sp³-hybridized carbons (Fsp3) is 0.875. The highest BCUT2D eigenvalue weighted by molar-refractivity contribution is 6.22. The summed E-state index contributed by atoms with van der Waals surface area (Å²) in [7, 11) is 0. The van der Waals surface area contributed by atoms with Crippen LogP contribution in [0, 0.1) is 17.8 Å². The Labute approximate surface area is 71.9 Å². The van der Waals surface area contributed by atoms with Crippen LogP contribution in [0.2, 0.25) is 0 Å². The third-order valence-corrected chi connectivity index (χ3v) is 1.88. The molecule has 0 aliphatic carbocycles. The minimum absolute atomic E-state index is 0.118. The second kappa shape index (κ2) is 3.70. The average Bonchev–Trinajstić information content (AvgIpc) is 1.54. The first-order valence-electron chi connectivity index (χ1n) is 3.63. The van der Waals surface area contributed by atoms with Crippen molar-refractivity contribution in [2.75, 3.05) is 0 Å². The summed E-state index contributed by atoms with van der Waals surface area (Å²) < 4.78 is 25.3. The molecule has 1 radical (unpaired) electrons. The molecule has 0 spiro atoms. The first-order valence-corrected chi connectivity index (χ1v) is 4.01. The van der Waals surface area contributed by atoms with Crippen molar-refractivity contribution < 1.29 is 8.78 Å². The Morgan fingerprint density at radius 3 is 1.64 bits per heavy atom. The van der Waals surface area contributed by atoms with Gasteiger partial charge < -0.3 is 0 Å². The maximum atomic E-state index is 12.6. The zero-order valence-corrected chi connectivity index (χ0v) is 8.04. The Hall–Kier alpha value is 0.150. The topological polar surface area (TPSA) is 0 Å². The summed E-state index contributed by atoms with van der Waals surface area (Å²) in [6.45, 7) is 6.85. The fourth-order valence-corrected chi connectivity index (χ4v) is 1.84. The Morgan fingerprint density at radius 2 is 1.64 bits per heavy atom. The Morgan fingerprint density at radius 1 is 1.27 bits per heavy atom. The van der Waals surface area contributed by atoms with Crippen molar-refractivity contribution >= 4 is 11.6 Å². The highest BCUT2D eigenvalue weighted by Crippen LogP contribution is 2.39. The minimum atomic E-state index is -3.10. The molecular weight excluding hydrogens is 170 g/mol. The molecule has 0 amide bonds. The van der Waals surface area contributed by atoms with Gasteiger partial charge in [0.25, 0.3) is 0 Å². The van der Waals surface area contributed by atoms with Crippen molar-refractivity contribution in [3.8, 4) is 0 Å². The normalized spacial score (nSPS) is 13.6. The molecule has 0 N–H and O–H groups in total. The molecule has 0 nitrogen and oxygen atoms in total. The fourth-order valence-electron chi connectivity index (χ4n) is 1.37. The first kappa shape index (κ1) is 11.2. The van der Waals surface area contributed by atoms with Gasteiger partial charge in [0.2, 0.25) is 0 Å². The molecule has 0 aliphatic rings. The van der Waals surface area contributed by atoms with E-state index < -0.39 is 11.3 Å². The molecule has 0 fully saturated rings. The van der Waals surface area contributed by atoms with E-state index in [0.717, 1.165) is 0 Å². The van der Waals surface area contributed by atoms with E-state index in [1.54, 1.807) is 27.7 Å². The van der Waals surface area contributed by atoms with E-state index in [4.69, 9.17) is 11.6 Å². The van der Waals surface area contributed by atoms with Gasteiger partial charge in [-0.1, -0.05) is 27.7 Å². The van der Waals surface area contributed by atoms with Gasteiger partial charge in [-0.3, -0.25) is 0 Å². The molecule has 11 heavy (non-hydrogen) atoms. The van der Waals surface area contributed by atoms with Crippen molar-refractivity contribution in [3.05, 3.63) is 5.92 Å². The summed E-state index contributed by atoms with van der Waals surface area (Å²) in [5.74, 6) is -0.253. The predicted molar refractivity (Wildman–Crippen MR) is 43.7 cm³/mol. The summed E-state index contributed by atoms with van der Waals surface area (Å²) in [5, 5.41) is -3.10. The maximum Gasteiger partial charge on any atom is 0.325 e. The predicted octanol–water partition coefficient (Wildman–Crippen LogP) is 3.70. The quantitative estimate of drug-likeness (QED) is 0.586. The molecule has 3 heteroatoms. The second-order valence-electron chi connectivity index (χ2n) is 3.34. The highest BCUT2D eigenvalue weighted by atomic mass is 35.5. The lowest BCUT2D eigenvalue weighted by Gasteiger charge is -2.27. The lowest BCUT2D eigenvalue weighted by Crippen LogP contribution is -2.30. The summed E-state index contributed by atoms with van der Waals surface area (Å²) in [6, 6.07) is 0. The zero-order valence-electron chi connectivity index (χ0n) is 7.29. The van der Waals surface area contributed by atoms with Gasteiger partial charge in [-0.25, -0.2) is 0 Å². The Balaban J connectivity index is 4.35. The second-order valence-corrected chi connectivity index (χ2v) is 3.84. The molecule has 1 atom stereocenters. The summed E-state index contributed by atoms with van der Waals surface area (Å²) in [5.41, 5.74) is 0. The highest BCUT2D eigenvalue weighted by Gasteiger charge is 2.41. The summed E-state index contributed by atoms with van der Waals surface area (Å²) in [6.07, 6.45) is 0. The molecule has 0 aromatic heterocycles. The molecule has 0 rings (SSSR count). The molecule has 0 saturated carbocycles. The smallest absolute Gasteiger partial charge is 0.188 e. The lowest BCUT2D eigenvalue weighted by molar-refractivity contribution is 0.0148. The van der Waals surface area contributed by atoms with Gasteiger partial charge in [-0.2, -0.15) is 8.78 Å². The molecule has 1 unspecified atom stereocenters. The number of hydrogen-bond donors (Lipinski definition) is 0. The van der Waals surface area contributed by atoms with Crippen molar-refractivity contribution in [2.45, 2.75) is 33.1 Å². The molecule has 0 aliphatic heterocycles. The van der Waals surface area contributed by atoms with Gasteiger partial charge in [0.15, 0.2) is 0 Å². The van der Waals surface area contributed by atoms with E-state index in [1.807, 2.05) is 0 Å². The van der Waals surface area contributed by atoms with E-state index in [-0.39, 0.29) is 5.92 Å². The van der Waals surface area contributed by atoms with E-state index in [0.29, 0.717) is 5.92 Å². The van der Waals surface area contributed by atoms with Crippen LogP contribution in [-0.2, 0) is 0 Å². The van der Waals surface area contributed by atoms with Gasteiger partial charge >= 0.3 is 5.38 Å². The molecule has 0 aromatic rings. The van der Waals surface area contributed by atoms with E-state index >= 15 is 0 Å². The van der Waals surface area contributed by atoms with E-state index in [1.165, 1.54) is 0 Å². The van der Waals surface area contributed by atoms with Crippen LogP contribution in [0.25, 0.3) is 0 Å². The van der Waals surface area contributed by atoms with Gasteiger partial charge in [-0.05, 0) is 23.4 Å². The monoisotopic (exact) mass is 183 g/mol. The van der Waals surface area contributed by atoms with Crippen LogP contribution in [0.4, 0.5) is 8.78 Å². The largest absolute Gasteiger partial charge is 0.325 e. The van der Waals surface area contributed by atoms with Crippen LogP contribution in [0.15, 0.2) is 0 Å². The Kier molecular flexibility index (Phi) is 3.75. The summed E-state index contributed by atoms with van der Waals surface area (Å²) in [4.78, 5) is 0. The Bertz CT molecular complexity index is 108. The molecule has 67 valence electrons.